The number of aliphatic hydroxyl groups excluding tert-OH is 1. The van der Waals surface area contributed by atoms with Crippen LogP contribution in [0.25, 0.3) is 0 Å². The number of carbonyl (C=O) groups excluding carboxylic acids is 1. The summed E-state index contributed by atoms with van der Waals surface area (Å²) in [6.07, 6.45) is 1.38. The van der Waals surface area contributed by atoms with Crippen molar-refractivity contribution in [2.75, 3.05) is 32.6 Å². The van der Waals surface area contributed by atoms with Gasteiger partial charge in [-0.2, -0.15) is 0 Å². The van der Waals surface area contributed by atoms with Gasteiger partial charge in [0.2, 0.25) is 0 Å². The first-order valence-corrected chi connectivity index (χ1v) is 6.17. The molecule has 0 radical (unpaired) electrons. The van der Waals surface area contributed by atoms with Crippen LogP contribution < -0.4 is 5.32 Å². The molecule has 5 nitrogen and oxygen atoms in total. The lowest BCUT2D eigenvalue weighted by molar-refractivity contribution is 0.0786. The highest BCUT2D eigenvalue weighted by Crippen LogP contribution is 2.12. The number of hydrogen-bond donors (Lipinski definition) is 2. The standard InChI is InChI=1S/C13H21N3O2/c1-4-11-8-10(9-12(14-2)15-11)13(18)16(3)6-5-7-17/h8-9,17H,4-7H2,1-3H3,(H,14,15). The van der Waals surface area contributed by atoms with Crippen molar-refractivity contribution in [3.63, 3.8) is 0 Å². The maximum Gasteiger partial charge on any atom is 0.253 e. The molecule has 0 aromatic carbocycles. The summed E-state index contributed by atoms with van der Waals surface area (Å²) in [5.74, 6) is 0.658. The third-order valence-electron chi connectivity index (χ3n) is 2.74. The molecular weight excluding hydrogens is 230 g/mol. The van der Waals surface area contributed by atoms with Crippen LogP contribution in [0.15, 0.2) is 12.1 Å². The van der Waals surface area contributed by atoms with E-state index in [1.807, 2.05) is 13.0 Å². The van der Waals surface area contributed by atoms with E-state index in [0.717, 1.165) is 12.1 Å². The zero-order valence-electron chi connectivity index (χ0n) is 11.2. The fourth-order valence-electron chi connectivity index (χ4n) is 1.65. The molecule has 100 valence electrons. The maximum absolute atomic E-state index is 12.2. The predicted molar refractivity (Wildman–Crippen MR) is 71.8 cm³/mol. The molecule has 0 saturated carbocycles. The first-order valence-electron chi connectivity index (χ1n) is 6.17. The number of aliphatic hydroxyl groups is 1. The Hall–Kier alpha value is -1.62. The molecule has 1 aromatic heterocycles. The molecule has 0 spiro atoms. The summed E-state index contributed by atoms with van der Waals surface area (Å²) in [6, 6.07) is 3.57. The van der Waals surface area contributed by atoms with Gasteiger partial charge in [0.15, 0.2) is 0 Å². The predicted octanol–water partition coefficient (Wildman–Crippen LogP) is 1.14. The fraction of sp³-hybridized carbons (Fsp3) is 0.538. The number of nitrogens with one attached hydrogen (secondary N) is 1. The minimum Gasteiger partial charge on any atom is -0.396 e. The minimum absolute atomic E-state index is 0.0444. The summed E-state index contributed by atoms with van der Waals surface area (Å²) in [6.45, 7) is 2.65. The summed E-state index contributed by atoms with van der Waals surface area (Å²) < 4.78 is 0. The number of amides is 1. The molecule has 1 heterocycles. The van der Waals surface area contributed by atoms with E-state index < -0.39 is 0 Å². The van der Waals surface area contributed by atoms with Crippen molar-refractivity contribution < 1.29 is 9.90 Å². The van der Waals surface area contributed by atoms with Crippen LogP contribution in [0.5, 0.6) is 0 Å². The van der Waals surface area contributed by atoms with Crippen molar-refractivity contribution in [2.24, 2.45) is 0 Å². The van der Waals surface area contributed by atoms with Gasteiger partial charge in [0.05, 0.1) is 0 Å². The second kappa shape index (κ2) is 6.96. The number of aromatic nitrogens is 1. The molecule has 5 heteroatoms. The maximum atomic E-state index is 12.2. The summed E-state index contributed by atoms with van der Waals surface area (Å²) in [7, 11) is 3.52. The topological polar surface area (TPSA) is 65.5 Å². The average molecular weight is 251 g/mol. The number of anilines is 1. The van der Waals surface area contributed by atoms with Crippen LogP contribution in [0.3, 0.4) is 0 Å². The van der Waals surface area contributed by atoms with Crippen LogP contribution in [0.1, 0.15) is 29.4 Å². The molecule has 0 aliphatic rings. The van der Waals surface area contributed by atoms with Gasteiger partial charge >= 0.3 is 0 Å². The zero-order chi connectivity index (χ0) is 13.5. The summed E-state index contributed by atoms with van der Waals surface area (Å²) in [4.78, 5) is 18.1. The van der Waals surface area contributed by atoms with Crippen LogP contribution in [0.2, 0.25) is 0 Å². The molecule has 1 rings (SSSR count). The monoisotopic (exact) mass is 251 g/mol. The normalized spacial score (nSPS) is 10.2. The first-order chi connectivity index (χ1) is 8.62. The highest BCUT2D eigenvalue weighted by molar-refractivity contribution is 5.94. The van der Waals surface area contributed by atoms with Gasteiger partial charge in [-0.15, -0.1) is 0 Å². The Labute approximate surface area is 108 Å². The molecule has 0 saturated heterocycles. The molecule has 1 amide bonds. The number of carbonyl (C=O) groups is 1. The van der Waals surface area contributed by atoms with Crippen molar-refractivity contribution in [1.82, 2.24) is 9.88 Å². The van der Waals surface area contributed by atoms with E-state index in [0.29, 0.717) is 24.3 Å². The van der Waals surface area contributed by atoms with Crippen LogP contribution in [-0.2, 0) is 6.42 Å². The van der Waals surface area contributed by atoms with Gasteiger partial charge in [0.25, 0.3) is 5.91 Å². The third kappa shape index (κ3) is 3.70. The van der Waals surface area contributed by atoms with Gasteiger partial charge in [0, 0.05) is 38.5 Å². The Morgan fingerprint density at radius 1 is 1.50 bits per heavy atom. The molecule has 18 heavy (non-hydrogen) atoms. The smallest absolute Gasteiger partial charge is 0.253 e. The number of rotatable bonds is 6. The van der Waals surface area contributed by atoms with E-state index in [2.05, 4.69) is 10.3 Å². The molecule has 1 aromatic rings. The number of hydrogen-bond acceptors (Lipinski definition) is 4. The average Bonchev–Trinajstić information content (AvgIpc) is 2.43. The van der Waals surface area contributed by atoms with E-state index in [-0.39, 0.29) is 12.5 Å². The van der Waals surface area contributed by atoms with Crippen LogP contribution in [0, 0.1) is 0 Å². The molecule has 0 unspecified atom stereocenters. The molecular formula is C13H21N3O2. The van der Waals surface area contributed by atoms with E-state index in [4.69, 9.17) is 5.11 Å². The zero-order valence-corrected chi connectivity index (χ0v) is 11.2. The second-order valence-corrected chi connectivity index (χ2v) is 4.14. The summed E-state index contributed by atoms with van der Waals surface area (Å²) in [5.41, 5.74) is 1.52. The highest BCUT2D eigenvalue weighted by atomic mass is 16.3. The van der Waals surface area contributed by atoms with E-state index in [1.165, 1.54) is 0 Å². The van der Waals surface area contributed by atoms with Crippen LogP contribution in [-0.4, -0.2) is 48.1 Å². The van der Waals surface area contributed by atoms with Crippen LogP contribution in [0.4, 0.5) is 5.82 Å². The number of pyridine rings is 1. The Morgan fingerprint density at radius 3 is 2.78 bits per heavy atom. The Kier molecular flexibility index (Phi) is 5.58. The Morgan fingerprint density at radius 2 is 2.22 bits per heavy atom. The van der Waals surface area contributed by atoms with Crippen molar-refractivity contribution in [2.45, 2.75) is 19.8 Å². The van der Waals surface area contributed by atoms with E-state index in [9.17, 15) is 4.79 Å². The molecule has 0 bridgehead atoms. The lowest BCUT2D eigenvalue weighted by Crippen LogP contribution is -2.28. The Balaban J connectivity index is 2.90. The van der Waals surface area contributed by atoms with Crippen LogP contribution >= 0.6 is 0 Å². The molecule has 0 aliphatic carbocycles. The number of nitrogens with zero attached hydrogens (tertiary/aromatic N) is 2. The molecule has 0 fully saturated rings. The molecule has 0 aliphatic heterocycles. The van der Waals surface area contributed by atoms with Crippen molar-refractivity contribution in [1.29, 1.82) is 0 Å². The first kappa shape index (κ1) is 14.4. The van der Waals surface area contributed by atoms with Crippen molar-refractivity contribution in [3.8, 4) is 0 Å². The number of aryl methyl sites for hydroxylation is 1. The summed E-state index contributed by atoms with van der Waals surface area (Å²) >= 11 is 0. The van der Waals surface area contributed by atoms with E-state index >= 15 is 0 Å². The summed E-state index contributed by atoms with van der Waals surface area (Å²) in [5, 5.41) is 11.7. The fourth-order valence-corrected chi connectivity index (χ4v) is 1.65. The lowest BCUT2D eigenvalue weighted by atomic mass is 10.1. The van der Waals surface area contributed by atoms with Gasteiger partial charge in [-0.25, -0.2) is 4.98 Å². The minimum atomic E-state index is -0.0444. The van der Waals surface area contributed by atoms with Gasteiger partial charge in [-0.1, -0.05) is 6.92 Å². The van der Waals surface area contributed by atoms with Gasteiger partial charge in [0.1, 0.15) is 5.82 Å². The van der Waals surface area contributed by atoms with Gasteiger partial charge < -0.3 is 15.3 Å². The SMILES string of the molecule is CCc1cc(C(=O)N(C)CCCO)cc(NC)n1. The molecule has 0 atom stereocenters. The lowest BCUT2D eigenvalue weighted by Gasteiger charge is -2.17. The molecule has 2 N–H and O–H groups in total. The van der Waals surface area contributed by atoms with Crippen molar-refractivity contribution in [3.05, 3.63) is 23.4 Å². The Bertz CT molecular complexity index is 385. The second-order valence-electron chi connectivity index (χ2n) is 4.14. The van der Waals surface area contributed by atoms with Gasteiger partial charge in [-0.3, -0.25) is 4.79 Å². The van der Waals surface area contributed by atoms with Crippen molar-refractivity contribution >= 4 is 11.7 Å². The van der Waals surface area contributed by atoms with E-state index in [1.54, 1.807) is 25.1 Å². The van der Waals surface area contributed by atoms with Gasteiger partial charge in [-0.05, 0) is 25.0 Å². The third-order valence-corrected chi connectivity index (χ3v) is 2.74. The highest BCUT2D eigenvalue weighted by Gasteiger charge is 2.13. The largest absolute Gasteiger partial charge is 0.396 e. The quantitative estimate of drug-likeness (QED) is 0.795.